The molecule has 148 valence electrons. The Morgan fingerprint density at radius 3 is 2.52 bits per heavy atom. The van der Waals surface area contributed by atoms with Gasteiger partial charge in [0.05, 0.1) is 15.5 Å². The van der Waals surface area contributed by atoms with Gasteiger partial charge in [-0.05, 0) is 37.3 Å². The van der Waals surface area contributed by atoms with Gasteiger partial charge in [-0.2, -0.15) is 0 Å². The first-order valence-corrected chi connectivity index (χ1v) is 9.67. The second-order valence-corrected chi connectivity index (χ2v) is 7.66. The molecule has 0 unspecified atom stereocenters. The van der Waals surface area contributed by atoms with Crippen molar-refractivity contribution in [3.05, 3.63) is 80.1 Å². The molecule has 11 heteroatoms. The Balaban J connectivity index is 1.82. The van der Waals surface area contributed by atoms with Gasteiger partial charge in [-0.15, -0.1) is 0 Å². The van der Waals surface area contributed by atoms with E-state index in [2.05, 4.69) is 20.8 Å². The minimum atomic E-state index is -0.611. The van der Waals surface area contributed by atoms with Crippen molar-refractivity contribution in [1.82, 2.24) is 15.4 Å². The minimum Gasteiger partial charge on any atom is -0.276 e. The Morgan fingerprint density at radius 1 is 1.14 bits per heavy atom. The number of aryl methyl sites for hydroxylation is 1. The Hall–Kier alpha value is -2.88. The summed E-state index contributed by atoms with van der Waals surface area (Å²) < 4.78 is 0. The number of halogens is 2. The van der Waals surface area contributed by atoms with Gasteiger partial charge < -0.3 is 0 Å². The maximum absolute atomic E-state index is 12.3. The molecular weight excluding hydrogens is 437 g/mol. The number of carbonyl (C=O) groups is 1. The third-order valence-electron chi connectivity index (χ3n) is 3.68. The lowest BCUT2D eigenvalue weighted by molar-refractivity contribution is -0.387. The molecule has 1 amide bonds. The standard InChI is InChI=1S/C18H13Cl2N5O3S/c1-10-2-5-12(6-3-10)29-18-15(25(27)28)16(21-9-22-18)23-24-17(26)13-7-4-11(19)8-14(13)20/h2-9H,1H3,(H,24,26)(H,21,22,23). The number of hydrogen-bond donors (Lipinski definition) is 2. The van der Waals surface area contributed by atoms with E-state index in [-0.39, 0.29) is 27.1 Å². The van der Waals surface area contributed by atoms with Crippen molar-refractivity contribution in [2.24, 2.45) is 0 Å². The Morgan fingerprint density at radius 2 is 1.86 bits per heavy atom. The van der Waals surface area contributed by atoms with Crippen LogP contribution in [0.1, 0.15) is 15.9 Å². The number of benzene rings is 2. The normalized spacial score (nSPS) is 10.4. The third kappa shape index (κ3) is 5.14. The molecule has 0 radical (unpaired) electrons. The molecule has 1 aromatic heterocycles. The van der Waals surface area contributed by atoms with Gasteiger partial charge in [0.1, 0.15) is 6.33 Å². The lowest BCUT2D eigenvalue weighted by atomic mass is 10.2. The first-order valence-electron chi connectivity index (χ1n) is 8.10. The van der Waals surface area contributed by atoms with E-state index in [1.807, 2.05) is 31.2 Å². The Bertz CT molecular complexity index is 1080. The molecule has 0 saturated heterocycles. The van der Waals surface area contributed by atoms with Crippen LogP contribution in [0, 0.1) is 17.0 Å². The first kappa shape index (κ1) is 20.8. The Labute approximate surface area is 179 Å². The number of nitrogens with one attached hydrogen (secondary N) is 2. The predicted octanol–water partition coefficient (Wildman–Crippen LogP) is 4.91. The van der Waals surface area contributed by atoms with Crippen LogP contribution in [-0.2, 0) is 0 Å². The number of hydrazine groups is 1. The number of amides is 1. The summed E-state index contributed by atoms with van der Waals surface area (Å²) in [6, 6.07) is 11.8. The van der Waals surface area contributed by atoms with Crippen LogP contribution in [0.15, 0.2) is 58.7 Å². The zero-order valence-electron chi connectivity index (χ0n) is 14.8. The van der Waals surface area contributed by atoms with Crippen molar-refractivity contribution >= 4 is 52.4 Å². The molecule has 29 heavy (non-hydrogen) atoms. The van der Waals surface area contributed by atoms with Crippen LogP contribution in [0.25, 0.3) is 0 Å². The van der Waals surface area contributed by atoms with Crippen molar-refractivity contribution in [2.75, 3.05) is 5.43 Å². The molecule has 0 atom stereocenters. The zero-order valence-corrected chi connectivity index (χ0v) is 17.2. The summed E-state index contributed by atoms with van der Waals surface area (Å²) in [6.07, 6.45) is 1.17. The molecule has 1 heterocycles. The number of rotatable bonds is 6. The molecule has 0 aliphatic carbocycles. The van der Waals surface area contributed by atoms with Gasteiger partial charge in [0.15, 0.2) is 5.03 Å². The van der Waals surface area contributed by atoms with Gasteiger partial charge in [0, 0.05) is 9.92 Å². The summed E-state index contributed by atoms with van der Waals surface area (Å²) in [5, 5.41) is 12.3. The van der Waals surface area contributed by atoms with E-state index in [9.17, 15) is 14.9 Å². The average molecular weight is 450 g/mol. The minimum absolute atomic E-state index is 0.134. The fourth-order valence-corrected chi connectivity index (χ4v) is 3.63. The lowest BCUT2D eigenvalue weighted by Crippen LogP contribution is -2.30. The van der Waals surface area contributed by atoms with Crippen molar-refractivity contribution in [2.45, 2.75) is 16.8 Å². The molecule has 2 aromatic carbocycles. The van der Waals surface area contributed by atoms with Gasteiger partial charge in [-0.1, -0.05) is 52.7 Å². The highest BCUT2D eigenvalue weighted by atomic mass is 35.5. The fraction of sp³-hybridized carbons (Fsp3) is 0.0556. The van der Waals surface area contributed by atoms with E-state index in [0.29, 0.717) is 5.02 Å². The van der Waals surface area contributed by atoms with Gasteiger partial charge in [-0.3, -0.25) is 25.8 Å². The maximum Gasteiger partial charge on any atom is 0.345 e. The second-order valence-electron chi connectivity index (χ2n) is 5.75. The van der Waals surface area contributed by atoms with Crippen LogP contribution in [0.4, 0.5) is 11.5 Å². The molecule has 0 aliphatic heterocycles. The molecule has 0 saturated carbocycles. The van der Waals surface area contributed by atoms with E-state index >= 15 is 0 Å². The molecule has 8 nitrogen and oxygen atoms in total. The van der Waals surface area contributed by atoms with Crippen LogP contribution in [0.5, 0.6) is 0 Å². The van der Waals surface area contributed by atoms with E-state index < -0.39 is 10.8 Å². The van der Waals surface area contributed by atoms with Gasteiger partial charge in [-0.25, -0.2) is 9.97 Å². The quantitative estimate of drug-likeness (QED) is 0.312. The molecule has 2 N–H and O–H groups in total. The molecule has 3 aromatic rings. The van der Waals surface area contributed by atoms with Crippen LogP contribution < -0.4 is 10.9 Å². The highest BCUT2D eigenvalue weighted by Crippen LogP contribution is 2.36. The van der Waals surface area contributed by atoms with Crippen molar-refractivity contribution in [3.8, 4) is 0 Å². The van der Waals surface area contributed by atoms with E-state index in [1.165, 1.54) is 24.5 Å². The predicted molar refractivity (Wildman–Crippen MR) is 112 cm³/mol. The van der Waals surface area contributed by atoms with Crippen LogP contribution in [0.2, 0.25) is 10.0 Å². The van der Waals surface area contributed by atoms with E-state index in [0.717, 1.165) is 22.2 Å². The van der Waals surface area contributed by atoms with Gasteiger partial charge >= 0.3 is 5.69 Å². The van der Waals surface area contributed by atoms with Crippen LogP contribution in [-0.4, -0.2) is 20.8 Å². The molecule has 0 fully saturated rings. The number of anilines is 1. The van der Waals surface area contributed by atoms with Crippen molar-refractivity contribution in [3.63, 3.8) is 0 Å². The van der Waals surface area contributed by atoms with Gasteiger partial charge in [0.2, 0.25) is 5.82 Å². The third-order valence-corrected chi connectivity index (χ3v) is 5.22. The number of carbonyl (C=O) groups excluding carboxylic acids is 1. The topological polar surface area (TPSA) is 110 Å². The smallest absolute Gasteiger partial charge is 0.276 e. The molecular formula is C18H13Cl2N5O3S. The van der Waals surface area contributed by atoms with E-state index in [4.69, 9.17) is 23.2 Å². The number of nitrogens with zero attached hydrogens (tertiary/aromatic N) is 3. The highest BCUT2D eigenvalue weighted by molar-refractivity contribution is 7.99. The molecule has 0 aliphatic rings. The van der Waals surface area contributed by atoms with Crippen LogP contribution >= 0.6 is 35.0 Å². The number of hydrogen-bond acceptors (Lipinski definition) is 7. The second kappa shape index (κ2) is 9.08. The summed E-state index contributed by atoms with van der Waals surface area (Å²) in [5.74, 6) is -0.759. The highest BCUT2D eigenvalue weighted by Gasteiger charge is 2.24. The lowest BCUT2D eigenvalue weighted by Gasteiger charge is -2.10. The first-order chi connectivity index (χ1) is 13.8. The fourth-order valence-electron chi connectivity index (χ4n) is 2.27. The van der Waals surface area contributed by atoms with Crippen LogP contribution in [0.3, 0.4) is 0 Å². The number of nitro groups is 1. The van der Waals surface area contributed by atoms with E-state index in [1.54, 1.807) is 0 Å². The zero-order chi connectivity index (χ0) is 21.0. The maximum atomic E-state index is 12.3. The van der Waals surface area contributed by atoms with Gasteiger partial charge in [0.25, 0.3) is 5.91 Å². The summed E-state index contributed by atoms with van der Waals surface area (Å²) in [5.41, 5.74) is 5.68. The monoisotopic (exact) mass is 449 g/mol. The average Bonchev–Trinajstić information content (AvgIpc) is 2.67. The molecule has 0 bridgehead atoms. The van der Waals surface area contributed by atoms with Crippen molar-refractivity contribution in [1.29, 1.82) is 0 Å². The number of aromatic nitrogens is 2. The largest absolute Gasteiger partial charge is 0.345 e. The summed E-state index contributed by atoms with van der Waals surface area (Å²) in [4.78, 5) is 32.0. The molecule has 0 spiro atoms. The molecule has 3 rings (SSSR count). The van der Waals surface area contributed by atoms with Crippen molar-refractivity contribution < 1.29 is 9.72 Å². The SMILES string of the molecule is Cc1ccc(Sc2ncnc(NNC(=O)c3ccc(Cl)cc3Cl)c2[N+](=O)[O-])cc1. The summed E-state index contributed by atoms with van der Waals surface area (Å²) in [7, 11) is 0. The summed E-state index contributed by atoms with van der Waals surface area (Å²) >= 11 is 12.9. The Kier molecular flexibility index (Phi) is 6.53. The summed E-state index contributed by atoms with van der Waals surface area (Å²) in [6.45, 7) is 1.94.